The van der Waals surface area contributed by atoms with E-state index in [2.05, 4.69) is 15.5 Å². The molecule has 0 N–H and O–H groups in total. The molecule has 0 saturated carbocycles. The number of aryl methyl sites for hydroxylation is 3. The van der Waals surface area contributed by atoms with Gasteiger partial charge >= 0.3 is 18.3 Å². The maximum Gasteiger partial charge on any atom is 0.430 e. The van der Waals surface area contributed by atoms with Crippen LogP contribution in [0.3, 0.4) is 0 Å². The molecule has 0 fully saturated rings. The van der Waals surface area contributed by atoms with E-state index in [1.54, 1.807) is 26.0 Å². The Bertz CT molecular complexity index is 1180. The third-order valence-electron chi connectivity index (χ3n) is 7.57. The number of halogens is 6. The minimum Gasteiger partial charge on any atom is -0.466 e. The van der Waals surface area contributed by atoms with E-state index in [4.69, 9.17) is 4.74 Å². The largest absolute Gasteiger partial charge is 0.466 e. The van der Waals surface area contributed by atoms with Crippen molar-refractivity contribution >= 4 is 12.0 Å². The molecule has 0 heterocycles. The van der Waals surface area contributed by atoms with Crippen LogP contribution in [0.5, 0.6) is 0 Å². The van der Waals surface area contributed by atoms with E-state index >= 15 is 0 Å². The molecule has 2 aromatic rings. The second kappa shape index (κ2) is 13.9. The lowest BCUT2D eigenvalue weighted by molar-refractivity contribution is -0.372. The average molecular weight is 589 g/mol. The molecule has 0 aliphatic rings. The van der Waals surface area contributed by atoms with E-state index in [0.29, 0.717) is 31.4 Å². The molecule has 0 unspecified atom stereocenters. The number of hydrogen-bond donors (Lipinski definition) is 0. The normalized spacial score (nSPS) is 13.2. The van der Waals surface area contributed by atoms with E-state index in [1.165, 1.54) is 6.07 Å². The van der Waals surface area contributed by atoms with Gasteiger partial charge in [-0.3, -0.25) is 4.79 Å². The van der Waals surface area contributed by atoms with Gasteiger partial charge in [-0.1, -0.05) is 56.3 Å². The Hall–Kier alpha value is -2.85. The predicted octanol–water partition coefficient (Wildman–Crippen LogP) is 8.40. The van der Waals surface area contributed by atoms with Gasteiger partial charge in [0.1, 0.15) is 6.79 Å². The van der Waals surface area contributed by atoms with Crippen molar-refractivity contribution in [2.75, 3.05) is 20.5 Å². The van der Waals surface area contributed by atoms with E-state index in [1.807, 2.05) is 32.9 Å². The Morgan fingerprint density at radius 1 is 0.854 bits per heavy atom. The minimum absolute atomic E-state index is 0.000697. The summed E-state index contributed by atoms with van der Waals surface area (Å²) in [5.41, 5.74) is -0.301. The molecule has 41 heavy (non-hydrogen) atoms. The van der Waals surface area contributed by atoms with Crippen LogP contribution in [0.2, 0.25) is 0 Å². The topological polar surface area (TPSA) is 44.8 Å². The van der Waals surface area contributed by atoms with Gasteiger partial charge in [0, 0.05) is 18.9 Å². The molecule has 2 aromatic carbocycles. The first-order valence-electron chi connectivity index (χ1n) is 13.4. The fourth-order valence-corrected chi connectivity index (χ4v) is 5.06. The highest BCUT2D eigenvalue weighted by molar-refractivity contribution is 5.69. The summed E-state index contributed by atoms with van der Waals surface area (Å²) in [6, 6.07) is 11.1. The number of benzene rings is 2. The highest BCUT2D eigenvalue weighted by Gasteiger charge is 2.71. The predicted molar refractivity (Wildman–Crippen MR) is 146 cm³/mol. The van der Waals surface area contributed by atoms with Gasteiger partial charge in [0.15, 0.2) is 0 Å². The highest BCUT2D eigenvalue weighted by Crippen LogP contribution is 2.47. The summed E-state index contributed by atoms with van der Waals surface area (Å²) in [6.45, 7) is 8.56. The third-order valence-corrected chi connectivity index (χ3v) is 7.57. The molecule has 4 nitrogen and oxygen atoms in total. The molecule has 0 aliphatic carbocycles. The van der Waals surface area contributed by atoms with Crippen molar-refractivity contribution in [3.05, 3.63) is 75.9 Å². The number of ether oxygens (including phenoxy) is 3. The maximum atomic E-state index is 13.7. The van der Waals surface area contributed by atoms with Crippen molar-refractivity contribution in [3.63, 3.8) is 0 Å². The first-order valence-corrected chi connectivity index (χ1v) is 13.4. The summed E-state index contributed by atoms with van der Waals surface area (Å²) in [6.07, 6.45) is -8.53. The molecule has 228 valence electrons. The zero-order valence-corrected chi connectivity index (χ0v) is 24.3. The standard InChI is InChI=1S/C31H38F6O4/c1-7-28(8-2,25-13-10-23(21(4)18-25)12-15-27(38)40-9-3)26-14-11-24(22(5)19-26)16-17-29(30(32,33)34,31(35,36)37)41-20-39-6/h10-11,13-14,16-19H,7-9,12,15,20H2,1-6H3/b17-16+. The first kappa shape index (κ1) is 34.4. The molecule has 0 radical (unpaired) electrons. The van der Waals surface area contributed by atoms with Gasteiger partial charge in [-0.15, -0.1) is 0 Å². The van der Waals surface area contributed by atoms with Crippen LogP contribution in [0.1, 0.15) is 73.4 Å². The van der Waals surface area contributed by atoms with Crippen molar-refractivity contribution in [2.45, 2.75) is 83.7 Å². The molecule has 0 aliphatic heterocycles. The van der Waals surface area contributed by atoms with Gasteiger partial charge in [0.25, 0.3) is 5.60 Å². The van der Waals surface area contributed by atoms with Gasteiger partial charge in [0.2, 0.25) is 0 Å². The number of alkyl halides is 6. The van der Waals surface area contributed by atoms with Crippen LogP contribution in [0.15, 0.2) is 42.5 Å². The first-order chi connectivity index (χ1) is 19.1. The lowest BCUT2D eigenvalue weighted by Crippen LogP contribution is -2.57. The highest BCUT2D eigenvalue weighted by atomic mass is 19.4. The second-order valence-corrected chi connectivity index (χ2v) is 9.92. The van der Waals surface area contributed by atoms with Crippen LogP contribution in [0.25, 0.3) is 6.08 Å². The lowest BCUT2D eigenvalue weighted by Gasteiger charge is -2.35. The molecule has 0 atom stereocenters. The van der Waals surface area contributed by atoms with Crippen LogP contribution in [-0.2, 0) is 30.8 Å². The molecule has 0 saturated heterocycles. The van der Waals surface area contributed by atoms with E-state index in [9.17, 15) is 31.1 Å². The van der Waals surface area contributed by atoms with Crippen molar-refractivity contribution in [2.24, 2.45) is 0 Å². The van der Waals surface area contributed by atoms with E-state index in [-0.39, 0.29) is 24.0 Å². The maximum absolute atomic E-state index is 13.7. The van der Waals surface area contributed by atoms with Crippen LogP contribution in [0.4, 0.5) is 26.3 Å². The summed E-state index contributed by atoms with van der Waals surface area (Å²) < 4.78 is 95.8. The van der Waals surface area contributed by atoms with Crippen LogP contribution in [-0.4, -0.2) is 44.4 Å². The molecule has 0 amide bonds. The number of hydrogen-bond acceptors (Lipinski definition) is 4. The second-order valence-electron chi connectivity index (χ2n) is 9.92. The number of carbonyl (C=O) groups excluding carboxylic acids is 1. The van der Waals surface area contributed by atoms with Gasteiger partial charge in [-0.05, 0) is 79.5 Å². The zero-order chi connectivity index (χ0) is 31.1. The Labute approximate surface area is 237 Å². The Morgan fingerprint density at radius 2 is 1.41 bits per heavy atom. The third kappa shape index (κ3) is 7.52. The molecule has 0 spiro atoms. The van der Waals surface area contributed by atoms with Gasteiger partial charge in [-0.25, -0.2) is 0 Å². The van der Waals surface area contributed by atoms with Gasteiger partial charge < -0.3 is 14.2 Å². The minimum atomic E-state index is -5.77. The smallest absolute Gasteiger partial charge is 0.430 e. The van der Waals surface area contributed by atoms with Gasteiger partial charge in [0.05, 0.1) is 6.61 Å². The van der Waals surface area contributed by atoms with Crippen molar-refractivity contribution in [1.29, 1.82) is 0 Å². The Balaban J connectivity index is 2.49. The van der Waals surface area contributed by atoms with E-state index < -0.39 is 30.2 Å². The number of rotatable bonds is 13. The van der Waals surface area contributed by atoms with Crippen LogP contribution >= 0.6 is 0 Å². The molecule has 0 aromatic heterocycles. The molecule has 10 heteroatoms. The van der Waals surface area contributed by atoms with Crippen molar-refractivity contribution < 1.29 is 45.3 Å². The quantitative estimate of drug-likeness (QED) is 0.134. The summed E-state index contributed by atoms with van der Waals surface area (Å²) in [5, 5.41) is 0. The Kier molecular flexibility index (Phi) is 11.6. The lowest BCUT2D eigenvalue weighted by atomic mass is 9.69. The Morgan fingerprint density at radius 3 is 1.88 bits per heavy atom. The SMILES string of the molecule is CCOC(=O)CCc1ccc(C(CC)(CC)c2ccc(/C=C/C(OCOC)(C(F)(F)F)C(F)(F)F)c(C)c2)cc1C. The number of methoxy groups -OCH3 is 1. The monoisotopic (exact) mass is 588 g/mol. The number of esters is 1. The molecule has 2 rings (SSSR count). The van der Waals surface area contributed by atoms with Crippen molar-refractivity contribution in [1.82, 2.24) is 0 Å². The average Bonchev–Trinajstić information content (AvgIpc) is 2.89. The molecular formula is C31H38F6O4. The number of carbonyl (C=O) groups is 1. The van der Waals surface area contributed by atoms with Crippen molar-refractivity contribution in [3.8, 4) is 0 Å². The fourth-order valence-electron chi connectivity index (χ4n) is 5.06. The fraction of sp³-hybridized carbons (Fsp3) is 0.516. The van der Waals surface area contributed by atoms with Gasteiger partial charge in [-0.2, -0.15) is 26.3 Å². The van der Waals surface area contributed by atoms with Crippen LogP contribution < -0.4 is 0 Å². The summed E-state index contributed by atoms with van der Waals surface area (Å²) in [5.74, 6) is -0.259. The molecular weight excluding hydrogens is 550 g/mol. The van der Waals surface area contributed by atoms with E-state index in [0.717, 1.165) is 35.4 Å². The van der Waals surface area contributed by atoms with Crippen LogP contribution in [0, 0.1) is 13.8 Å². The molecule has 0 bridgehead atoms. The zero-order valence-electron chi connectivity index (χ0n) is 24.3. The summed E-state index contributed by atoms with van der Waals surface area (Å²) in [4.78, 5) is 11.8. The summed E-state index contributed by atoms with van der Waals surface area (Å²) >= 11 is 0. The summed E-state index contributed by atoms with van der Waals surface area (Å²) in [7, 11) is 0.941.